The highest BCUT2D eigenvalue weighted by atomic mass is 16.3. The van der Waals surface area contributed by atoms with Gasteiger partial charge in [-0.2, -0.15) is 5.10 Å². The van der Waals surface area contributed by atoms with Gasteiger partial charge in [-0.1, -0.05) is 13.8 Å². The molecule has 1 aliphatic rings. The summed E-state index contributed by atoms with van der Waals surface area (Å²) in [6.07, 6.45) is 3.73. The maximum Gasteiger partial charge on any atom is 0.267 e. The molecule has 1 fully saturated rings. The van der Waals surface area contributed by atoms with Crippen molar-refractivity contribution in [3.63, 3.8) is 0 Å². The van der Waals surface area contributed by atoms with Crippen LogP contribution in [0.25, 0.3) is 0 Å². The van der Waals surface area contributed by atoms with Crippen LogP contribution < -0.4 is 5.56 Å². The molecule has 4 heteroatoms. The van der Waals surface area contributed by atoms with Crippen LogP contribution in [0.5, 0.6) is 0 Å². The van der Waals surface area contributed by atoms with Crippen molar-refractivity contribution in [2.75, 3.05) is 0 Å². The van der Waals surface area contributed by atoms with Gasteiger partial charge < -0.3 is 5.11 Å². The van der Waals surface area contributed by atoms with Crippen molar-refractivity contribution in [2.24, 2.45) is 5.41 Å². The van der Waals surface area contributed by atoms with Crippen molar-refractivity contribution in [1.82, 2.24) is 9.78 Å². The highest BCUT2D eigenvalue weighted by Crippen LogP contribution is 2.42. The molecule has 1 saturated carbocycles. The largest absolute Gasteiger partial charge is 0.393 e. The number of nitrogens with zero attached hydrogens (tertiary/aromatic N) is 2. The Morgan fingerprint density at radius 2 is 2.24 bits per heavy atom. The van der Waals surface area contributed by atoms with Crippen LogP contribution in [0.1, 0.15) is 44.7 Å². The Balaban J connectivity index is 2.40. The van der Waals surface area contributed by atoms with Gasteiger partial charge in [0.2, 0.25) is 0 Å². The second kappa shape index (κ2) is 4.26. The molecule has 0 aliphatic heterocycles. The van der Waals surface area contributed by atoms with Crippen LogP contribution in [0.4, 0.5) is 0 Å². The number of aromatic nitrogens is 2. The van der Waals surface area contributed by atoms with E-state index in [1.807, 2.05) is 6.92 Å². The van der Waals surface area contributed by atoms with Crippen LogP contribution in [0.2, 0.25) is 0 Å². The Hall–Kier alpha value is -1.16. The third kappa shape index (κ3) is 2.41. The summed E-state index contributed by atoms with van der Waals surface area (Å²) in [6, 6.07) is 1.59. The number of aliphatic hydroxyl groups is 1. The summed E-state index contributed by atoms with van der Waals surface area (Å²) in [5.41, 5.74) is 0.809. The van der Waals surface area contributed by atoms with Gasteiger partial charge in [0.15, 0.2) is 0 Å². The molecule has 94 valence electrons. The van der Waals surface area contributed by atoms with Crippen molar-refractivity contribution < 1.29 is 5.11 Å². The van der Waals surface area contributed by atoms with E-state index in [0.29, 0.717) is 6.42 Å². The fourth-order valence-electron chi connectivity index (χ4n) is 2.57. The molecule has 1 N–H and O–H groups in total. The lowest BCUT2D eigenvalue weighted by Gasteiger charge is -2.40. The average Bonchev–Trinajstić information content (AvgIpc) is 2.23. The van der Waals surface area contributed by atoms with E-state index < -0.39 is 0 Å². The number of aryl methyl sites for hydroxylation is 1. The summed E-state index contributed by atoms with van der Waals surface area (Å²) in [4.78, 5) is 12.0. The summed E-state index contributed by atoms with van der Waals surface area (Å²) < 4.78 is 1.54. The van der Waals surface area contributed by atoms with Gasteiger partial charge in [0.05, 0.1) is 18.3 Å². The van der Waals surface area contributed by atoms with E-state index in [4.69, 9.17) is 0 Å². The van der Waals surface area contributed by atoms with E-state index in [2.05, 4.69) is 18.9 Å². The van der Waals surface area contributed by atoms with E-state index in [1.165, 1.54) is 4.68 Å². The molecule has 1 aromatic heterocycles. The average molecular weight is 236 g/mol. The smallest absolute Gasteiger partial charge is 0.267 e. The van der Waals surface area contributed by atoms with Gasteiger partial charge >= 0.3 is 0 Å². The quantitative estimate of drug-likeness (QED) is 0.807. The molecule has 0 bridgehead atoms. The molecule has 2 rings (SSSR count). The third-order valence-electron chi connectivity index (χ3n) is 3.78. The Morgan fingerprint density at radius 1 is 1.53 bits per heavy atom. The SMILES string of the molecule is Cc1cnn(C2CC(O)CCC2(C)C)c(=O)c1. The molecule has 1 aromatic rings. The van der Waals surface area contributed by atoms with Gasteiger partial charge in [0.25, 0.3) is 5.56 Å². The normalized spacial score (nSPS) is 28.0. The second-order valence-electron chi connectivity index (χ2n) is 5.75. The van der Waals surface area contributed by atoms with Gasteiger partial charge in [0, 0.05) is 6.07 Å². The van der Waals surface area contributed by atoms with Crippen molar-refractivity contribution in [2.45, 2.75) is 52.2 Å². The van der Waals surface area contributed by atoms with Crippen molar-refractivity contribution >= 4 is 0 Å². The lowest BCUT2D eigenvalue weighted by Crippen LogP contribution is -2.41. The Morgan fingerprint density at radius 3 is 2.88 bits per heavy atom. The molecular formula is C13H20N2O2. The maximum absolute atomic E-state index is 12.0. The fourth-order valence-corrected chi connectivity index (χ4v) is 2.57. The first-order valence-corrected chi connectivity index (χ1v) is 6.14. The number of hydrogen-bond donors (Lipinski definition) is 1. The van der Waals surface area contributed by atoms with Crippen LogP contribution in [0, 0.1) is 12.3 Å². The predicted octanol–water partition coefficient (Wildman–Crippen LogP) is 1.66. The van der Waals surface area contributed by atoms with Gasteiger partial charge in [0.1, 0.15) is 0 Å². The zero-order valence-electron chi connectivity index (χ0n) is 10.7. The first-order chi connectivity index (χ1) is 7.90. The van der Waals surface area contributed by atoms with Crippen LogP contribution in [-0.4, -0.2) is 21.0 Å². The molecule has 0 saturated heterocycles. The van der Waals surface area contributed by atoms with E-state index in [1.54, 1.807) is 12.3 Å². The van der Waals surface area contributed by atoms with Gasteiger partial charge in [-0.3, -0.25) is 4.79 Å². The van der Waals surface area contributed by atoms with Crippen LogP contribution in [0.3, 0.4) is 0 Å². The predicted molar refractivity (Wildman–Crippen MR) is 65.9 cm³/mol. The summed E-state index contributed by atoms with van der Waals surface area (Å²) >= 11 is 0. The fraction of sp³-hybridized carbons (Fsp3) is 0.692. The molecule has 17 heavy (non-hydrogen) atoms. The molecule has 0 aromatic carbocycles. The Bertz CT molecular complexity index is 465. The molecule has 2 atom stereocenters. The minimum Gasteiger partial charge on any atom is -0.393 e. The lowest BCUT2D eigenvalue weighted by molar-refractivity contribution is 0.0271. The molecule has 0 spiro atoms. The van der Waals surface area contributed by atoms with Crippen LogP contribution in [0.15, 0.2) is 17.1 Å². The number of rotatable bonds is 1. The first kappa shape index (κ1) is 12.3. The Labute approximate surface area is 101 Å². The monoisotopic (exact) mass is 236 g/mol. The number of aliphatic hydroxyl groups excluding tert-OH is 1. The van der Waals surface area contributed by atoms with Crippen molar-refractivity contribution in [3.05, 3.63) is 28.2 Å². The topological polar surface area (TPSA) is 55.1 Å². The van der Waals surface area contributed by atoms with E-state index in [-0.39, 0.29) is 23.1 Å². The molecule has 2 unspecified atom stereocenters. The lowest BCUT2D eigenvalue weighted by atomic mass is 9.72. The standard InChI is InChI=1S/C13H20N2O2/c1-9-6-12(17)15(14-8-9)11-7-10(16)4-5-13(11,2)3/h6,8,10-11,16H,4-5,7H2,1-3H3. The maximum atomic E-state index is 12.0. The van der Waals surface area contributed by atoms with Gasteiger partial charge in [-0.05, 0) is 37.2 Å². The highest BCUT2D eigenvalue weighted by molar-refractivity contribution is 5.04. The minimum absolute atomic E-state index is 0.00527. The molecule has 1 heterocycles. The third-order valence-corrected chi connectivity index (χ3v) is 3.78. The summed E-state index contributed by atoms with van der Waals surface area (Å²) in [7, 11) is 0. The van der Waals surface area contributed by atoms with Crippen molar-refractivity contribution in [1.29, 1.82) is 0 Å². The molecule has 1 aliphatic carbocycles. The zero-order chi connectivity index (χ0) is 12.6. The van der Waals surface area contributed by atoms with E-state index >= 15 is 0 Å². The molecular weight excluding hydrogens is 216 g/mol. The number of hydrogen-bond acceptors (Lipinski definition) is 3. The highest BCUT2D eigenvalue weighted by Gasteiger charge is 2.38. The molecule has 0 radical (unpaired) electrons. The van der Waals surface area contributed by atoms with Crippen LogP contribution >= 0.6 is 0 Å². The summed E-state index contributed by atoms with van der Waals surface area (Å²) in [6.45, 7) is 6.13. The Kier molecular flexibility index (Phi) is 3.08. The van der Waals surface area contributed by atoms with Crippen molar-refractivity contribution in [3.8, 4) is 0 Å². The second-order valence-corrected chi connectivity index (χ2v) is 5.75. The summed E-state index contributed by atoms with van der Waals surface area (Å²) in [5, 5.41) is 14.0. The summed E-state index contributed by atoms with van der Waals surface area (Å²) in [5.74, 6) is 0. The molecule has 0 amide bonds. The van der Waals surface area contributed by atoms with E-state index in [9.17, 15) is 9.90 Å². The molecule has 4 nitrogen and oxygen atoms in total. The van der Waals surface area contributed by atoms with Crippen LogP contribution in [-0.2, 0) is 0 Å². The van der Waals surface area contributed by atoms with Gasteiger partial charge in [-0.25, -0.2) is 4.68 Å². The first-order valence-electron chi connectivity index (χ1n) is 6.14. The van der Waals surface area contributed by atoms with E-state index in [0.717, 1.165) is 18.4 Å². The minimum atomic E-state index is -0.317. The van der Waals surface area contributed by atoms with Gasteiger partial charge in [-0.15, -0.1) is 0 Å². The zero-order valence-corrected chi connectivity index (χ0v) is 10.7.